The van der Waals surface area contributed by atoms with Crippen LogP contribution in [0.5, 0.6) is 0 Å². The van der Waals surface area contributed by atoms with Crippen LogP contribution in [0, 0.1) is 13.8 Å². The van der Waals surface area contributed by atoms with Gasteiger partial charge in [0.2, 0.25) is 0 Å². The number of hydrogen-bond donors (Lipinski definition) is 1. The van der Waals surface area contributed by atoms with E-state index in [2.05, 4.69) is 44.9 Å². The molecule has 8 heteroatoms. The molecule has 0 aliphatic carbocycles. The van der Waals surface area contributed by atoms with Crippen molar-refractivity contribution in [2.24, 2.45) is 0 Å². The van der Waals surface area contributed by atoms with Gasteiger partial charge in [0.1, 0.15) is 5.82 Å². The molecule has 2 aromatic heterocycles. The van der Waals surface area contributed by atoms with Crippen LogP contribution in [-0.2, 0) is 4.74 Å². The molecule has 0 amide bonds. The maximum atomic E-state index is 6.11. The Morgan fingerprint density at radius 3 is 2.57 bits per heavy atom. The van der Waals surface area contributed by atoms with Gasteiger partial charge < -0.3 is 19.9 Å². The normalized spacial score (nSPS) is 17.2. The third-order valence-electron chi connectivity index (χ3n) is 7.04. The standard InChI is InChI=1S/C27H35ClN6O/c1-20-18-26(21(2)27(31-20)34-14-16-35-17-15-34)33-12-10-32(11-13-33)9-3-7-29-24-6-8-30-25-19-22(28)4-5-23(24)25/h4-6,8,18-19H,3,7,9-17H2,1-2H3,(H,29,30). The second kappa shape index (κ2) is 11.0. The summed E-state index contributed by atoms with van der Waals surface area (Å²) >= 11 is 6.11. The van der Waals surface area contributed by atoms with Crippen LogP contribution in [0.25, 0.3) is 10.9 Å². The number of rotatable bonds is 7. The zero-order chi connectivity index (χ0) is 24.2. The third-order valence-corrected chi connectivity index (χ3v) is 7.28. The number of halogens is 1. The molecule has 2 aliphatic rings. The molecule has 0 atom stereocenters. The van der Waals surface area contributed by atoms with Gasteiger partial charge in [-0.15, -0.1) is 0 Å². The van der Waals surface area contributed by atoms with E-state index in [1.165, 1.54) is 11.3 Å². The van der Waals surface area contributed by atoms with Gasteiger partial charge in [0.15, 0.2) is 0 Å². The van der Waals surface area contributed by atoms with Gasteiger partial charge in [-0.3, -0.25) is 9.88 Å². The largest absolute Gasteiger partial charge is 0.384 e. The minimum atomic E-state index is 0.718. The van der Waals surface area contributed by atoms with E-state index in [1.54, 1.807) is 0 Å². The molecule has 0 unspecified atom stereocenters. The fourth-order valence-corrected chi connectivity index (χ4v) is 5.30. The zero-order valence-corrected chi connectivity index (χ0v) is 21.5. The van der Waals surface area contributed by atoms with E-state index >= 15 is 0 Å². The molecule has 1 aromatic carbocycles. The summed E-state index contributed by atoms with van der Waals surface area (Å²) in [5, 5.41) is 5.43. The molecule has 3 aromatic rings. The van der Waals surface area contributed by atoms with Gasteiger partial charge >= 0.3 is 0 Å². The van der Waals surface area contributed by atoms with Crippen LogP contribution in [0.1, 0.15) is 17.7 Å². The number of nitrogens with one attached hydrogen (secondary N) is 1. The lowest BCUT2D eigenvalue weighted by atomic mass is 10.1. The minimum absolute atomic E-state index is 0.718. The number of ether oxygens (including phenoxy) is 1. The molecule has 5 rings (SSSR count). The Labute approximate surface area is 213 Å². The first-order chi connectivity index (χ1) is 17.1. The average molecular weight is 495 g/mol. The maximum absolute atomic E-state index is 6.11. The Kier molecular flexibility index (Phi) is 7.56. The van der Waals surface area contributed by atoms with E-state index in [-0.39, 0.29) is 0 Å². The number of pyridine rings is 2. The van der Waals surface area contributed by atoms with E-state index in [4.69, 9.17) is 21.3 Å². The van der Waals surface area contributed by atoms with Gasteiger partial charge in [-0.25, -0.2) is 4.98 Å². The smallest absolute Gasteiger partial charge is 0.133 e. The van der Waals surface area contributed by atoms with Crippen LogP contribution >= 0.6 is 11.6 Å². The van der Waals surface area contributed by atoms with Crippen molar-refractivity contribution in [2.45, 2.75) is 20.3 Å². The number of aryl methyl sites for hydroxylation is 1. The molecule has 2 fully saturated rings. The monoisotopic (exact) mass is 494 g/mol. The van der Waals surface area contributed by atoms with Crippen LogP contribution in [0.2, 0.25) is 5.02 Å². The van der Waals surface area contributed by atoms with E-state index in [0.29, 0.717) is 0 Å². The number of fused-ring (bicyclic) bond motifs is 1. The first kappa shape index (κ1) is 24.1. The molecule has 35 heavy (non-hydrogen) atoms. The van der Waals surface area contributed by atoms with Crippen molar-refractivity contribution in [3.8, 4) is 0 Å². The highest BCUT2D eigenvalue weighted by Crippen LogP contribution is 2.30. The van der Waals surface area contributed by atoms with Crippen molar-refractivity contribution in [3.05, 3.63) is 52.8 Å². The average Bonchev–Trinajstić information content (AvgIpc) is 2.88. The summed E-state index contributed by atoms with van der Waals surface area (Å²) in [6.07, 6.45) is 2.94. The number of benzene rings is 1. The molecular weight excluding hydrogens is 460 g/mol. The van der Waals surface area contributed by atoms with Crippen LogP contribution in [0.3, 0.4) is 0 Å². The van der Waals surface area contributed by atoms with Gasteiger partial charge in [0.05, 0.1) is 18.7 Å². The van der Waals surface area contributed by atoms with Gasteiger partial charge in [-0.1, -0.05) is 11.6 Å². The summed E-state index contributed by atoms with van der Waals surface area (Å²) < 4.78 is 5.54. The fraction of sp³-hybridized carbons (Fsp3) is 0.481. The van der Waals surface area contributed by atoms with Gasteiger partial charge in [-0.2, -0.15) is 0 Å². The number of anilines is 3. The molecule has 4 heterocycles. The van der Waals surface area contributed by atoms with E-state index in [0.717, 1.165) is 105 Å². The van der Waals surface area contributed by atoms with E-state index in [9.17, 15) is 0 Å². The Hall–Kier alpha value is -2.61. The van der Waals surface area contributed by atoms with Crippen molar-refractivity contribution in [2.75, 3.05) is 80.7 Å². The summed E-state index contributed by atoms with van der Waals surface area (Å²) in [5.41, 5.74) is 5.77. The van der Waals surface area contributed by atoms with Gasteiger partial charge in [-0.05, 0) is 57.1 Å². The lowest BCUT2D eigenvalue weighted by molar-refractivity contribution is 0.122. The second-order valence-electron chi connectivity index (χ2n) is 9.46. The zero-order valence-electron chi connectivity index (χ0n) is 20.8. The fourth-order valence-electron chi connectivity index (χ4n) is 5.13. The lowest BCUT2D eigenvalue weighted by Gasteiger charge is -2.38. The Bertz CT molecular complexity index is 1160. The first-order valence-corrected chi connectivity index (χ1v) is 13.0. The molecule has 7 nitrogen and oxygen atoms in total. The molecule has 2 saturated heterocycles. The molecule has 0 bridgehead atoms. The van der Waals surface area contributed by atoms with Crippen molar-refractivity contribution < 1.29 is 4.74 Å². The summed E-state index contributed by atoms with van der Waals surface area (Å²) in [4.78, 5) is 16.8. The lowest BCUT2D eigenvalue weighted by Crippen LogP contribution is -2.47. The topological polar surface area (TPSA) is 56.8 Å². The summed E-state index contributed by atoms with van der Waals surface area (Å²) in [5.74, 6) is 1.13. The number of aromatic nitrogens is 2. The Morgan fingerprint density at radius 1 is 0.971 bits per heavy atom. The number of morpholine rings is 1. The number of hydrogen-bond acceptors (Lipinski definition) is 7. The maximum Gasteiger partial charge on any atom is 0.133 e. The predicted octanol–water partition coefficient (Wildman–Crippen LogP) is 4.36. The predicted molar refractivity (Wildman–Crippen MR) is 145 cm³/mol. The van der Waals surface area contributed by atoms with Crippen LogP contribution in [0.4, 0.5) is 17.2 Å². The van der Waals surface area contributed by atoms with E-state index in [1.807, 2.05) is 30.5 Å². The van der Waals surface area contributed by atoms with Crippen molar-refractivity contribution in [1.29, 1.82) is 0 Å². The number of nitrogens with zero attached hydrogens (tertiary/aromatic N) is 5. The molecule has 1 N–H and O–H groups in total. The molecule has 0 radical (unpaired) electrons. The van der Waals surface area contributed by atoms with Crippen molar-refractivity contribution >= 4 is 39.7 Å². The second-order valence-corrected chi connectivity index (χ2v) is 9.90. The highest BCUT2D eigenvalue weighted by atomic mass is 35.5. The highest BCUT2D eigenvalue weighted by Gasteiger charge is 2.22. The molecule has 0 saturated carbocycles. The molecular formula is C27H35ClN6O. The summed E-state index contributed by atoms with van der Waals surface area (Å²) in [6.45, 7) is 14.0. The molecule has 2 aliphatic heterocycles. The van der Waals surface area contributed by atoms with Crippen molar-refractivity contribution in [1.82, 2.24) is 14.9 Å². The molecule has 0 spiro atoms. The third kappa shape index (κ3) is 5.63. The summed E-state index contributed by atoms with van der Waals surface area (Å²) in [6, 6.07) is 10.2. The SMILES string of the molecule is Cc1cc(N2CCN(CCCNc3ccnc4cc(Cl)ccc34)CC2)c(C)c(N2CCOCC2)n1. The number of piperazine rings is 1. The van der Waals surface area contributed by atoms with Gasteiger partial charge in [0.25, 0.3) is 0 Å². The summed E-state index contributed by atoms with van der Waals surface area (Å²) in [7, 11) is 0. The quantitative estimate of drug-likeness (QED) is 0.490. The first-order valence-electron chi connectivity index (χ1n) is 12.6. The molecule has 186 valence electrons. The Balaban J connectivity index is 1.13. The van der Waals surface area contributed by atoms with Crippen LogP contribution in [0.15, 0.2) is 36.5 Å². The van der Waals surface area contributed by atoms with Gasteiger partial charge in [0, 0.05) is 85.1 Å². The van der Waals surface area contributed by atoms with Crippen molar-refractivity contribution in [3.63, 3.8) is 0 Å². The minimum Gasteiger partial charge on any atom is -0.384 e. The highest BCUT2D eigenvalue weighted by molar-refractivity contribution is 6.31. The van der Waals surface area contributed by atoms with Crippen LogP contribution < -0.4 is 15.1 Å². The Morgan fingerprint density at radius 2 is 1.77 bits per heavy atom. The van der Waals surface area contributed by atoms with E-state index < -0.39 is 0 Å². The van der Waals surface area contributed by atoms with Crippen LogP contribution in [-0.4, -0.2) is 80.4 Å².